The molecule has 1 aliphatic rings. The normalized spacial score (nSPS) is 21.6. The van der Waals surface area contributed by atoms with Gasteiger partial charge in [-0.25, -0.2) is 4.98 Å². The average molecular weight is 342 g/mol. The summed E-state index contributed by atoms with van der Waals surface area (Å²) in [5.74, 6) is 0.599. The molecule has 0 bridgehead atoms. The van der Waals surface area contributed by atoms with Gasteiger partial charge in [-0.3, -0.25) is 4.90 Å². The Labute approximate surface area is 146 Å². The van der Waals surface area contributed by atoms with Gasteiger partial charge in [-0.05, 0) is 29.8 Å². The number of aliphatic hydroxyl groups is 1. The SMILES string of the molecule is OC[C@@H]1CN(Cc2cccc3nccn23)C[C@H]1c1ccc(Cl)cc1. The predicted octanol–water partition coefficient (Wildman–Crippen LogP) is 3.20. The molecule has 1 aliphatic heterocycles. The largest absolute Gasteiger partial charge is 0.396 e. The molecule has 1 N–H and O–H groups in total. The lowest BCUT2D eigenvalue weighted by Gasteiger charge is -2.17. The van der Waals surface area contributed by atoms with E-state index in [1.807, 2.05) is 36.7 Å². The van der Waals surface area contributed by atoms with Crippen LogP contribution in [-0.2, 0) is 6.54 Å². The number of hydrogen-bond acceptors (Lipinski definition) is 3. The predicted molar refractivity (Wildman–Crippen MR) is 95.2 cm³/mol. The monoisotopic (exact) mass is 341 g/mol. The van der Waals surface area contributed by atoms with Crippen LogP contribution in [0.25, 0.3) is 5.65 Å². The summed E-state index contributed by atoms with van der Waals surface area (Å²) in [6, 6.07) is 14.2. The van der Waals surface area contributed by atoms with Gasteiger partial charge < -0.3 is 9.51 Å². The van der Waals surface area contributed by atoms with Crippen molar-refractivity contribution in [2.75, 3.05) is 19.7 Å². The van der Waals surface area contributed by atoms with Gasteiger partial charge in [-0.15, -0.1) is 0 Å². The maximum absolute atomic E-state index is 9.81. The fourth-order valence-corrected chi connectivity index (χ4v) is 3.85. The van der Waals surface area contributed by atoms with Crippen molar-refractivity contribution >= 4 is 17.2 Å². The molecule has 0 saturated carbocycles. The van der Waals surface area contributed by atoms with E-state index in [9.17, 15) is 5.11 Å². The van der Waals surface area contributed by atoms with E-state index in [0.29, 0.717) is 5.92 Å². The first-order valence-electron chi connectivity index (χ1n) is 8.24. The summed E-state index contributed by atoms with van der Waals surface area (Å²) < 4.78 is 2.13. The number of hydrogen-bond donors (Lipinski definition) is 1. The Morgan fingerprint density at radius 2 is 1.96 bits per heavy atom. The number of likely N-dealkylation sites (tertiary alicyclic amines) is 1. The van der Waals surface area contributed by atoms with E-state index >= 15 is 0 Å². The van der Waals surface area contributed by atoms with Gasteiger partial charge in [0, 0.05) is 61.2 Å². The topological polar surface area (TPSA) is 40.8 Å². The van der Waals surface area contributed by atoms with Crippen LogP contribution in [0.4, 0.5) is 0 Å². The van der Waals surface area contributed by atoms with E-state index in [1.54, 1.807) is 0 Å². The lowest BCUT2D eigenvalue weighted by atomic mass is 9.90. The van der Waals surface area contributed by atoms with Gasteiger partial charge in [0.15, 0.2) is 0 Å². The maximum atomic E-state index is 9.81. The second-order valence-electron chi connectivity index (χ2n) is 6.47. The number of fused-ring (bicyclic) bond motifs is 1. The number of aromatic nitrogens is 2. The molecule has 2 aromatic heterocycles. The van der Waals surface area contributed by atoms with Crippen LogP contribution in [0, 0.1) is 5.92 Å². The molecule has 0 amide bonds. The van der Waals surface area contributed by atoms with Gasteiger partial charge in [0.25, 0.3) is 0 Å². The van der Waals surface area contributed by atoms with Gasteiger partial charge in [0.1, 0.15) is 5.65 Å². The number of rotatable bonds is 4. The maximum Gasteiger partial charge on any atom is 0.136 e. The summed E-state index contributed by atoms with van der Waals surface area (Å²) in [5.41, 5.74) is 3.44. The van der Waals surface area contributed by atoms with Gasteiger partial charge in [-0.2, -0.15) is 0 Å². The highest BCUT2D eigenvalue weighted by atomic mass is 35.5. The first-order valence-corrected chi connectivity index (χ1v) is 8.62. The molecule has 1 saturated heterocycles. The van der Waals surface area contributed by atoms with Crippen LogP contribution in [-0.4, -0.2) is 39.1 Å². The Hall–Kier alpha value is -1.88. The number of aliphatic hydroxyl groups excluding tert-OH is 1. The molecule has 0 aliphatic carbocycles. The first kappa shape index (κ1) is 15.6. The standard InChI is InChI=1S/C19H20ClN3O/c20-16-6-4-14(5-7-16)18-12-22(10-15(18)13-24)11-17-2-1-3-19-21-8-9-23(17)19/h1-9,15,18,24H,10-13H2/t15-,18-/m0/s1. The smallest absolute Gasteiger partial charge is 0.136 e. The summed E-state index contributed by atoms with van der Waals surface area (Å²) in [4.78, 5) is 6.76. The summed E-state index contributed by atoms with van der Waals surface area (Å²) in [5, 5.41) is 10.6. The molecular weight excluding hydrogens is 322 g/mol. The van der Waals surface area contributed by atoms with Crippen molar-refractivity contribution in [3.8, 4) is 0 Å². The Kier molecular flexibility index (Phi) is 4.27. The number of imidazole rings is 1. The van der Waals surface area contributed by atoms with Crippen LogP contribution in [0.15, 0.2) is 54.9 Å². The van der Waals surface area contributed by atoms with E-state index in [1.165, 1.54) is 11.3 Å². The van der Waals surface area contributed by atoms with Crippen molar-refractivity contribution in [3.05, 3.63) is 71.1 Å². The van der Waals surface area contributed by atoms with Crippen molar-refractivity contribution < 1.29 is 5.11 Å². The van der Waals surface area contributed by atoms with E-state index in [-0.39, 0.29) is 12.5 Å². The van der Waals surface area contributed by atoms with Gasteiger partial charge >= 0.3 is 0 Å². The quantitative estimate of drug-likeness (QED) is 0.792. The molecule has 0 spiro atoms. The highest BCUT2D eigenvalue weighted by molar-refractivity contribution is 6.30. The van der Waals surface area contributed by atoms with E-state index in [2.05, 4.69) is 32.5 Å². The minimum atomic E-state index is 0.207. The van der Waals surface area contributed by atoms with Crippen LogP contribution >= 0.6 is 11.6 Å². The van der Waals surface area contributed by atoms with Crippen molar-refractivity contribution in [2.45, 2.75) is 12.5 Å². The fourth-order valence-electron chi connectivity index (χ4n) is 3.73. The third kappa shape index (κ3) is 2.93. The lowest BCUT2D eigenvalue weighted by Crippen LogP contribution is -2.22. The van der Waals surface area contributed by atoms with Gasteiger partial charge in [-0.1, -0.05) is 29.8 Å². The minimum absolute atomic E-state index is 0.207. The summed E-state index contributed by atoms with van der Waals surface area (Å²) in [7, 11) is 0. The second kappa shape index (κ2) is 6.55. The number of benzene rings is 1. The van der Waals surface area contributed by atoms with Crippen molar-refractivity contribution in [1.29, 1.82) is 0 Å². The minimum Gasteiger partial charge on any atom is -0.396 e. The highest BCUT2D eigenvalue weighted by Gasteiger charge is 2.33. The molecule has 5 heteroatoms. The number of halogens is 1. The molecule has 124 valence electrons. The zero-order chi connectivity index (χ0) is 16.5. The lowest BCUT2D eigenvalue weighted by molar-refractivity contribution is 0.213. The molecule has 1 aromatic carbocycles. The van der Waals surface area contributed by atoms with Crippen LogP contribution in [0.2, 0.25) is 5.02 Å². The van der Waals surface area contributed by atoms with Crippen LogP contribution < -0.4 is 0 Å². The molecule has 1 fully saturated rings. The zero-order valence-corrected chi connectivity index (χ0v) is 14.1. The van der Waals surface area contributed by atoms with Crippen LogP contribution in [0.1, 0.15) is 17.2 Å². The highest BCUT2D eigenvalue weighted by Crippen LogP contribution is 2.33. The Bertz CT molecular complexity index is 830. The van der Waals surface area contributed by atoms with Crippen molar-refractivity contribution in [1.82, 2.24) is 14.3 Å². The molecular formula is C19H20ClN3O. The molecule has 4 rings (SSSR count). The van der Waals surface area contributed by atoms with E-state index in [0.717, 1.165) is 30.3 Å². The zero-order valence-electron chi connectivity index (χ0n) is 13.3. The third-order valence-electron chi connectivity index (χ3n) is 4.95. The number of nitrogens with zero attached hydrogens (tertiary/aromatic N) is 3. The van der Waals surface area contributed by atoms with E-state index in [4.69, 9.17) is 11.6 Å². The summed E-state index contributed by atoms with van der Waals surface area (Å²) in [6.07, 6.45) is 3.83. The third-order valence-corrected chi connectivity index (χ3v) is 5.20. The fraction of sp³-hybridized carbons (Fsp3) is 0.316. The van der Waals surface area contributed by atoms with Gasteiger partial charge in [0.2, 0.25) is 0 Å². The molecule has 24 heavy (non-hydrogen) atoms. The molecule has 3 heterocycles. The van der Waals surface area contributed by atoms with Crippen LogP contribution in [0.5, 0.6) is 0 Å². The molecule has 0 unspecified atom stereocenters. The van der Waals surface area contributed by atoms with Crippen molar-refractivity contribution in [3.63, 3.8) is 0 Å². The summed E-state index contributed by atoms with van der Waals surface area (Å²) >= 11 is 6.00. The van der Waals surface area contributed by atoms with Crippen LogP contribution in [0.3, 0.4) is 0 Å². The first-order chi connectivity index (χ1) is 11.7. The van der Waals surface area contributed by atoms with Crippen molar-refractivity contribution in [2.24, 2.45) is 5.92 Å². The summed E-state index contributed by atoms with van der Waals surface area (Å²) in [6.45, 7) is 2.90. The molecule has 3 aromatic rings. The molecule has 0 radical (unpaired) electrons. The molecule has 4 nitrogen and oxygen atoms in total. The molecule has 2 atom stereocenters. The van der Waals surface area contributed by atoms with Gasteiger partial charge in [0.05, 0.1) is 0 Å². The van der Waals surface area contributed by atoms with E-state index < -0.39 is 0 Å². The Morgan fingerprint density at radius 3 is 2.75 bits per heavy atom. The average Bonchev–Trinajstić information content (AvgIpc) is 3.22. The Balaban J connectivity index is 1.55. The Morgan fingerprint density at radius 1 is 1.12 bits per heavy atom. The number of pyridine rings is 1. The second-order valence-corrected chi connectivity index (χ2v) is 6.90.